The molecule has 3 aliphatic rings. The van der Waals surface area contributed by atoms with Gasteiger partial charge in [-0.2, -0.15) is 0 Å². The largest absolute Gasteiger partial charge is 0.353 e. The zero-order chi connectivity index (χ0) is 22.3. The van der Waals surface area contributed by atoms with Crippen LogP contribution >= 0.6 is 11.3 Å². The molecule has 2 saturated heterocycles. The lowest BCUT2D eigenvalue weighted by Gasteiger charge is -2.37. The van der Waals surface area contributed by atoms with Crippen molar-refractivity contribution in [3.05, 3.63) is 47.3 Å². The monoisotopic (exact) mass is 474 g/mol. The van der Waals surface area contributed by atoms with Crippen LogP contribution in [-0.2, 0) is 26.0 Å². The van der Waals surface area contributed by atoms with E-state index in [0.29, 0.717) is 38.9 Å². The lowest BCUT2D eigenvalue weighted by molar-refractivity contribution is -0.129. The molecular formula is C22H26N4O4S2. The highest BCUT2D eigenvalue weighted by molar-refractivity contribution is 7.91. The fourth-order valence-electron chi connectivity index (χ4n) is 5.05. The van der Waals surface area contributed by atoms with Crippen LogP contribution < -0.4 is 14.9 Å². The van der Waals surface area contributed by atoms with E-state index in [4.69, 9.17) is 0 Å². The van der Waals surface area contributed by atoms with Gasteiger partial charge in [-0.25, -0.2) is 13.1 Å². The molecule has 5 rings (SSSR count). The van der Waals surface area contributed by atoms with Crippen molar-refractivity contribution >= 4 is 38.9 Å². The van der Waals surface area contributed by atoms with Crippen molar-refractivity contribution < 1.29 is 18.0 Å². The van der Waals surface area contributed by atoms with Gasteiger partial charge in [0.15, 0.2) is 0 Å². The van der Waals surface area contributed by atoms with Gasteiger partial charge in [-0.15, -0.1) is 11.3 Å². The normalized spacial score (nSPS) is 25.4. The topological polar surface area (TPSA) is 98.8 Å². The highest BCUT2D eigenvalue weighted by Crippen LogP contribution is 2.30. The van der Waals surface area contributed by atoms with Crippen molar-refractivity contribution in [3.8, 4) is 0 Å². The first-order chi connectivity index (χ1) is 15.4. The van der Waals surface area contributed by atoms with Crippen LogP contribution in [0.25, 0.3) is 0 Å². The van der Waals surface area contributed by atoms with Gasteiger partial charge < -0.3 is 10.2 Å². The second-order valence-corrected chi connectivity index (χ2v) is 11.4. The second kappa shape index (κ2) is 8.58. The Morgan fingerprint density at radius 1 is 1.22 bits per heavy atom. The minimum absolute atomic E-state index is 0.00994. The Bertz CT molecular complexity index is 1120. The zero-order valence-corrected chi connectivity index (χ0v) is 19.2. The Hall–Kier alpha value is -2.27. The van der Waals surface area contributed by atoms with E-state index in [-0.39, 0.29) is 34.1 Å². The lowest BCUT2D eigenvalue weighted by atomic mass is 10.0. The molecule has 2 amide bonds. The van der Waals surface area contributed by atoms with E-state index in [0.717, 1.165) is 12.1 Å². The molecule has 0 saturated carbocycles. The number of nitrogens with one attached hydrogen (secondary N) is 2. The van der Waals surface area contributed by atoms with E-state index in [9.17, 15) is 18.0 Å². The van der Waals surface area contributed by atoms with Crippen LogP contribution in [0.2, 0.25) is 0 Å². The Morgan fingerprint density at radius 2 is 2.06 bits per heavy atom. The van der Waals surface area contributed by atoms with E-state index in [1.54, 1.807) is 17.5 Å². The highest BCUT2D eigenvalue weighted by atomic mass is 32.2. The molecule has 10 heteroatoms. The predicted octanol–water partition coefficient (Wildman–Crippen LogP) is 1.34. The van der Waals surface area contributed by atoms with Gasteiger partial charge in [0.2, 0.25) is 21.8 Å². The number of nitrogens with zero attached hydrogens (tertiary/aromatic N) is 2. The van der Waals surface area contributed by atoms with Crippen LogP contribution in [0.4, 0.5) is 5.69 Å². The number of amides is 2. The molecule has 8 nitrogen and oxygen atoms in total. The molecule has 1 aromatic carbocycles. The average Bonchev–Trinajstić information content (AvgIpc) is 3.52. The van der Waals surface area contributed by atoms with E-state index >= 15 is 0 Å². The van der Waals surface area contributed by atoms with Crippen molar-refractivity contribution in [2.75, 3.05) is 24.5 Å². The Labute approximate surface area is 191 Å². The number of benzene rings is 1. The van der Waals surface area contributed by atoms with E-state index in [1.165, 1.54) is 16.9 Å². The summed E-state index contributed by atoms with van der Waals surface area (Å²) in [4.78, 5) is 29.3. The summed E-state index contributed by atoms with van der Waals surface area (Å²) < 4.78 is 28.3. The number of piperazine rings is 1. The Balaban J connectivity index is 1.22. The molecule has 32 heavy (non-hydrogen) atoms. The molecule has 3 aliphatic heterocycles. The van der Waals surface area contributed by atoms with Crippen LogP contribution in [0.15, 0.2) is 46.0 Å². The number of hydrogen-bond donors (Lipinski definition) is 2. The fraction of sp³-hybridized carbons (Fsp3) is 0.455. The number of rotatable bonds is 6. The molecule has 170 valence electrons. The molecule has 3 unspecified atom stereocenters. The number of para-hydroxylation sites is 1. The first-order valence-electron chi connectivity index (χ1n) is 10.9. The van der Waals surface area contributed by atoms with Crippen LogP contribution in [0.5, 0.6) is 0 Å². The fourth-order valence-corrected chi connectivity index (χ4v) is 7.29. The standard InChI is InChI=1S/C22H26N4O4S2/c27-20(25-10-9-15-4-1-2-5-18(15)25)8-7-17-13-23-22(28)19-12-16(14-26(17)19)24-32(29,30)21-6-3-11-31-21/h1-6,11,16-17,19,24H,7-10,12-14H2,(H,23,28). The third kappa shape index (κ3) is 4.07. The summed E-state index contributed by atoms with van der Waals surface area (Å²) in [7, 11) is -3.59. The van der Waals surface area contributed by atoms with Gasteiger partial charge in [0, 0.05) is 43.8 Å². The third-order valence-electron chi connectivity index (χ3n) is 6.58. The molecule has 3 atom stereocenters. The molecule has 2 aromatic rings. The average molecular weight is 475 g/mol. The van der Waals surface area contributed by atoms with Crippen molar-refractivity contribution in [2.24, 2.45) is 0 Å². The summed E-state index contributed by atoms with van der Waals surface area (Å²) in [6.45, 7) is 1.65. The molecule has 2 N–H and O–H groups in total. The molecule has 2 fully saturated rings. The zero-order valence-electron chi connectivity index (χ0n) is 17.6. The van der Waals surface area contributed by atoms with Gasteiger partial charge in [-0.3, -0.25) is 14.5 Å². The number of anilines is 1. The van der Waals surface area contributed by atoms with E-state index in [2.05, 4.69) is 21.0 Å². The van der Waals surface area contributed by atoms with Gasteiger partial charge in [0.1, 0.15) is 4.21 Å². The quantitative estimate of drug-likeness (QED) is 0.658. The van der Waals surface area contributed by atoms with Gasteiger partial charge in [-0.1, -0.05) is 24.3 Å². The summed E-state index contributed by atoms with van der Waals surface area (Å²) in [5.41, 5.74) is 2.20. The number of carbonyl (C=O) groups excluding carboxylic acids is 2. The third-order valence-corrected chi connectivity index (χ3v) is 9.50. The maximum atomic E-state index is 12.9. The first-order valence-corrected chi connectivity index (χ1v) is 13.3. The second-order valence-electron chi connectivity index (χ2n) is 8.56. The number of thiophene rings is 1. The smallest absolute Gasteiger partial charge is 0.250 e. The summed E-state index contributed by atoms with van der Waals surface area (Å²) in [5, 5.41) is 4.67. The van der Waals surface area contributed by atoms with E-state index < -0.39 is 10.0 Å². The lowest BCUT2D eigenvalue weighted by Crippen LogP contribution is -2.58. The number of carbonyl (C=O) groups is 2. The number of hydrogen-bond acceptors (Lipinski definition) is 6. The summed E-state index contributed by atoms with van der Waals surface area (Å²) in [5.74, 6) is 0.0245. The maximum Gasteiger partial charge on any atom is 0.250 e. The van der Waals surface area contributed by atoms with Crippen molar-refractivity contribution in [3.63, 3.8) is 0 Å². The van der Waals surface area contributed by atoms with Gasteiger partial charge in [-0.05, 0) is 42.3 Å². The SMILES string of the molecule is O=C1NCC(CCC(=O)N2CCc3ccccc32)N2CC(NS(=O)(=O)c3cccs3)CC12. The van der Waals surface area contributed by atoms with Gasteiger partial charge in [0.05, 0.1) is 6.04 Å². The Morgan fingerprint density at radius 3 is 2.88 bits per heavy atom. The maximum absolute atomic E-state index is 12.9. The van der Waals surface area contributed by atoms with Crippen molar-refractivity contribution in [1.82, 2.24) is 14.9 Å². The first kappa shape index (κ1) is 21.6. The van der Waals surface area contributed by atoms with Gasteiger partial charge >= 0.3 is 0 Å². The van der Waals surface area contributed by atoms with Crippen LogP contribution in [-0.4, -0.2) is 62.9 Å². The molecular weight excluding hydrogens is 448 g/mol. The van der Waals surface area contributed by atoms with Crippen LogP contribution in [0.3, 0.4) is 0 Å². The summed E-state index contributed by atoms with van der Waals surface area (Å²) >= 11 is 1.17. The van der Waals surface area contributed by atoms with Crippen molar-refractivity contribution in [1.29, 1.82) is 0 Å². The predicted molar refractivity (Wildman–Crippen MR) is 122 cm³/mol. The molecule has 0 radical (unpaired) electrons. The summed E-state index contributed by atoms with van der Waals surface area (Å²) in [6.07, 6.45) is 2.32. The molecule has 1 aromatic heterocycles. The summed E-state index contributed by atoms with van der Waals surface area (Å²) in [6, 6.07) is 10.6. The number of fused-ring (bicyclic) bond motifs is 2. The minimum atomic E-state index is -3.59. The van der Waals surface area contributed by atoms with E-state index in [1.807, 2.05) is 23.1 Å². The Kier molecular flexibility index (Phi) is 5.79. The minimum Gasteiger partial charge on any atom is -0.353 e. The van der Waals surface area contributed by atoms with Crippen LogP contribution in [0.1, 0.15) is 24.8 Å². The van der Waals surface area contributed by atoms with Crippen LogP contribution in [0, 0.1) is 0 Å². The number of sulfonamides is 1. The van der Waals surface area contributed by atoms with Gasteiger partial charge in [0.25, 0.3) is 0 Å². The molecule has 0 aliphatic carbocycles. The van der Waals surface area contributed by atoms with Crippen molar-refractivity contribution in [2.45, 2.75) is 48.0 Å². The molecule has 0 bridgehead atoms. The molecule has 4 heterocycles. The molecule has 0 spiro atoms. The highest BCUT2D eigenvalue weighted by Gasteiger charge is 2.44.